The van der Waals surface area contributed by atoms with Gasteiger partial charge in [0.25, 0.3) is 5.91 Å². The first-order valence-electron chi connectivity index (χ1n) is 10.1. The smallest absolute Gasteiger partial charge is 0.338 e. The third-order valence-corrected chi connectivity index (χ3v) is 7.19. The molecule has 2 aromatic rings. The summed E-state index contributed by atoms with van der Waals surface area (Å²) in [6, 6.07) is 8.89. The maximum Gasteiger partial charge on any atom is 0.338 e. The number of methoxy groups -OCH3 is 1. The average Bonchev–Trinajstić information content (AvgIpc) is 3.27. The highest BCUT2D eigenvalue weighted by Crippen LogP contribution is 2.28. The molecule has 1 aliphatic carbocycles. The van der Waals surface area contributed by atoms with E-state index in [4.69, 9.17) is 21.1 Å². The second-order valence-electron chi connectivity index (χ2n) is 7.51. The Morgan fingerprint density at radius 3 is 2.56 bits per heavy atom. The van der Waals surface area contributed by atoms with Gasteiger partial charge in [0.1, 0.15) is 10.6 Å². The number of ether oxygens (including phenoxy) is 2. The lowest BCUT2D eigenvalue weighted by atomic mass is 10.2. The number of sulfonamides is 1. The molecular formula is C22H25ClN2O6S. The standard InChI is InChI=1S/C22H25ClN2O6S/c1-14-17(23)8-5-9-18(14)24-21(26)13-31-22(27)15-10-11-19(30-2)20(12-15)32(28,29)25-16-6-3-4-7-16/h5,8-12,16,25H,3-4,6-7,13H2,1-2H3,(H,24,26). The van der Waals surface area contributed by atoms with Gasteiger partial charge in [-0.2, -0.15) is 0 Å². The van der Waals surface area contributed by atoms with Crippen molar-refractivity contribution < 1.29 is 27.5 Å². The Hall–Kier alpha value is -2.62. The van der Waals surface area contributed by atoms with Crippen LogP contribution >= 0.6 is 11.6 Å². The fraction of sp³-hybridized carbons (Fsp3) is 0.364. The van der Waals surface area contributed by atoms with E-state index in [0.29, 0.717) is 16.3 Å². The van der Waals surface area contributed by atoms with Gasteiger partial charge in [-0.05, 0) is 55.7 Å². The summed E-state index contributed by atoms with van der Waals surface area (Å²) in [5, 5.41) is 3.12. The molecule has 0 unspecified atom stereocenters. The molecule has 0 spiro atoms. The lowest BCUT2D eigenvalue weighted by Crippen LogP contribution is -2.33. The molecule has 1 amide bonds. The molecule has 0 aromatic heterocycles. The summed E-state index contributed by atoms with van der Waals surface area (Å²) in [6.45, 7) is 1.21. The van der Waals surface area contributed by atoms with Gasteiger partial charge in [-0.1, -0.05) is 30.5 Å². The van der Waals surface area contributed by atoms with E-state index < -0.39 is 28.5 Å². The van der Waals surface area contributed by atoms with Crippen molar-refractivity contribution in [1.29, 1.82) is 0 Å². The maximum absolute atomic E-state index is 12.9. The Bertz CT molecular complexity index is 1110. The zero-order valence-corrected chi connectivity index (χ0v) is 19.4. The topological polar surface area (TPSA) is 111 Å². The molecule has 2 N–H and O–H groups in total. The van der Waals surface area contributed by atoms with Crippen LogP contribution in [0, 0.1) is 6.92 Å². The Kier molecular flexibility index (Phi) is 7.76. The maximum atomic E-state index is 12.9. The first kappa shape index (κ1) is 24.0. The van der Waals surface area contributed by atoms with Gasteiger partial charge in [0.05, 0.1) is 12.7 Å². The number of carbonyl (C=O) groups is 2. The van der Waals surface area contributed by atoms with Crippen LogP contribution < -0.4 is 14.8 Å². The number of esters is 1. The van der Waals surface area contributed by atoms with Crippen molar-refractivity contribution in [1.82, 2.24) is 4.72 Å². The van der Waals surface area contributed by atoms with Crippen molar-refractivity contribution in [2.24, 2.45) is 0 Å². The molecule has 8 nitrogen and oxygen atoms in total. The molecule has 0 saturated heterocycles. The van der Waals surface area contributed by atoms with E-state index in [9.17, 15) is 18.0 Å². The summed E-state index contributed by atoms with van der Waals surface area (Å²) in [5.74, 6) is -1.27. The molecule has 1 fully saturated rings. The predicted molar refractivity (Wildman–Crippen MR) is 121 cm³/mol. The van der Waals surface area contributed by atoms with Crippen LogP contribution in [0.4, 0.5) is 5.69 Å². The first-order chi connectivity index (χ1) is 15.2. The SMILES string of the molecule is COc1ccc(C(=O)OCC(=O)Nc2cccc(Cl)c2C)cc1S(=O)(=O)NC1CCCC1. The van der Waals surface area contributed by atoms with E-state index in [2.05, 4.69) is 10.0 Å². The highest BCUT2D eigenvalue weighted by Gasteiger charge is 2.27. The molecule has 2 aromatic carbocycles. The molecule has 0 aliphatic heterocycles. The third-order valence-electron chi connectivity index (χ3n) is 5.24. The van der Waals surface area contributed by atoms with Gasteiger partial charge in [-0.25, -0.2) is 17.9 Å². The molecule has 0 heterocycles. The minimum absolute atomic E-state index is 0.00988. The fourth-order valence-corrected chi connectivity index (χ4v) is 5.16. The predicted octanol–water partition coefficient (Wildman–Crippen LogP) is 3.67. The number of halogens is 1. The summed E-state index contributed by atoms with van der Waals surface area (Å²) in [6.07, 6.45) is 3.47. The molecule has 0 bridgehead atoms. The molecule has 3 rings (SSSR count). The second kappa shape index (κ2) is 10.3. The zero-order chi connectivity index (χ0) is 23.3. The first-order valence-corrected chi connectivity index (χ1v) is 12.0. The van der Waals surface area contributed by atoms with Crippen LogP contribution in [0.5, 0.6) is 5.75 Å². The van der Waals surface area contributed by atoms with E-state index in [-0.39, 0.29) is 22.3 Å². The highest BCUT2D eigenvalue weighted by atomic mass is 35.5. The van der Waals surface area contributed by atoms with E-state index >= 15 is 0 Å². The number of hydrogen-bond donors (Lipinski definition) is 2. The molecule has 0 atom stereocenters. The van der Waals surface area contributed by atoms with Crippen molar-refractivity contribution in [3.05, 3.63) is 52.5 Å². The summed E-state index contributed by atoms with van der Waals surface area (Å²) in [4.78, 5) is 24.5. The number of nitrogens with one attached hydrogen (secondary N) is 2. The lowest BCUT2D eigenvalue weighted by molar-refractivity contribution is -0.119. The highest BCUT2D eigenvalue weighted by molar-refractivity contribution is 7.89. The van der Waals surface area contributed by atoms with Crippen LogP contribution in [0.15, 0.2) is 41.3 Å². The van der Waals surface area contributed by atoms with E-state index in [1.807, 2.05) is 0 Å². The largest absolute Gasteiger partial charge is 0.495 e. The fourth-order valence-electron chi connectivity index (χ4n) is 3.48. The molecule has 0 radical (unpaired) electrons. The lowest BCUT2D eigenvalue weighted by Gasteiger charge is -2.15. The van der Waals surface area contributed by atoms with Gasteiger partial charge >= 0.3 is 5.97 Å². The average molecular weight is 481 g/mol. The minimum atomic E-state index is -3.90. The quantitative estimate of drug-likeness (QED) is 0.557. The van der Waals surface area contributed by atoms with E-state index in [0.717, 1.165) is 25.7 Å². The second-order valence-corrected chi connectivity index (χ2v) is 9.59. The van der Waals surface area contributed by atoms with E-state index in [1.54, 1.807) is 25.1 Å². The van der Waals surface area contributed by atoms with Gasteiger partial charge < -0.3 is 14.8 Å². The van der Waals surface area contributed by atoms with Crippen LogP contribution in [-0.2, 0) is 19.6 Å². The Balaban J connectivity index is 1.69. The van der Waals surface area contributed by atoms with Crippen molar-refractivity contribution >= 4 is 39.2 Å². The van der Waals surface area contributed by atoms with Gasteiger partial charge in [0, 0.05) is 16.8 Å². The number of carbonyl (C=O) groups excluding carboxylic acids is 2. The van der Waals surface area contributed by atoms with Crippen molar-refractivity contribution in [2.75, 3.05) is 19.0 Å². The number of rotatable bonds is 8. The minimum Gasteiger partial charge on any atom is -0.495 e. The van der Waals surface area contributed by atoms with Gasteiger partial charge in [0.2, 0.25) is 10.0 Å². The third kappa shape index (κ3) is 5.79. The molecule has 1 aliphatic rings. The number of anilines is 1. The molecule has 1 saturated carbocycles. The monoisotopic (exact) mass is 480 g/mol. The van der Waals surface area contributed by atoms with Gasteiger partial charge in [-0.15, -0.1) is 0 Å². The van der Waals surface area contributed by atoms with Crippen LogP contribution in [0.3, 0.4) is 0 Å². The molecule has 32 heavy (non-hydrogen) atoms. The van der Waals surface area contributed by atoms with Crippen LogP contribution in [0.25, 0.3) is 0 Å². The normalized spacial score (nSPS) is 14.2. The molecule has 172 valence electrons. The van der Waals surface area contributed by atoms with Gasteiger partial charge in [-0.3, -0.25) is 4.79 Å². The molecule has 10 heteroatoms. The Labute approximate surface area is 192 Å². The van der Waals surface area contributed by atoms with Crippen LogP contribution in [0.2, 0.25) is 5.02 Å². The summed E-state index contributed by atoms with van der Waals surface area (Å²) >= 11 is 6.03. The van der Waals surface area contributed by atoms with Crippen molar-refractivity contribution in [3.63, 3.8) is 0 Å². The van der Waals surface area contributed by atoms with Crippen LogP contribution in [0.1, 0.15) is 41.6 Å². The number of benzene rings is 2. The van der Waals surface area contributed by atoms with E-state index in [1.165, 1.54) is 25.3 Å². The summed E-state index contributed by atoms with van der Waals surface area (Å²) in [7, 11) is -2.55. The molecular weight excluding hydrogens is 456 g/mol. The van der Waals surface area contributed by atoms with Crippen molar-refractivity contribution in [2.45, 2.75) is 43.5 Å². The number of amides is 1. The summed E-state index contributed by atoms with van der Waals surface area (Å²) < 4.78 is 38.6. The number of hydrogen-bond acceptors (Lipinski definition) is 6. The van der Waals surface area contributed by atoms with Gasteiger partial charge in [0.15, 0.2) is 6.61 Å². The Morgan fingerprint density at radius 1 is 1.16 bits per heavy atom. The summed E-state index contributed by atoms with van der Waals surface area (Å²) in [5.41, 5.74) is 1.19. The van der Waals surface area contributed by atoms with Crippen LogP contribution in [-0.4, -0.2) is 40.1 Å². The van der Waals surface area contributed by atoms with Crippen molar-refractivity contribution in [3.8, 4) is 5.75 Å². The Morgan fingerprint density at radius 2 is 1.88 bits per heavy atom. The zero-order valence-electron chi connectivity index (χ0n) is 17.8.